The number of rotatable bonds is 1. The third-order valence-corrected chi connectivity index (χ3v) is 7.36. The number of carbonyl (C=O) groups is 1. The molecular formula is C19H17N3O5S3. The highest BCUT2D eigenvalue weighted by Crippen LogP contribution is 2.50. The average molecular weight is 464 g/mol. The van der Waals surface area contributed by atoms with E-state index in [4.69, 9.17) is 0 Å². The highest BCUT2D eigenvalue weighted by atomic mass is 32.3. The fourth-order valence-electron chi connectivity index (χ4n) is 3.05. The van der Waals surface area contributed by atoms with E-state index in [0.717, 1.165) is 39.0 Å². The molecule has 1 aromatic heterocycles. The van der Waals surface area contributed by atoms with Gasteiger partial charge in [0.05, 0.1) is 12.8 Å². The van der Waals surface area contributed by atoms with Gasteiger partial charge in [-0.3, -0.25) is 4.18 Å². The smallest absolute Gasteiger partial charge is 0.435 e. The first-order chi connectivity index (χ1) is 14.1. The van der Waals surface area contributed by atoms with Crippen molar-refractivity contribution in [3.63, 3.8) is 0 Å². The Labute approximate surface area is 183 Å². The van der Waals surface area contributed by atoms with E-state index in [1.807, 2.05) is 39.1 Å². The van der Waals surface area contributed by atoms with Gasteiger partial charge in [0.1, 0.15) is 16.7 Å². The first kappa shape index (κ1) is 22.3. The number of hydrogen-bond donors (Lipinski definition) is 0. The quantitative estimate of drug-likeness (QED) is 0.272. The molecule has 0 fully saturated rings. The van der Waals surface area contributed by atoms with E-state index in [1.165, 1.54) is 11.8 Å². The number of hydrogen-bond acceptors (Lipinski definition) is 9. The van der Waals surface area contributed by atoms with Crippen molar-refractivity contribution in [2.24, 2.45) is 0 Å². The van der Waals surface area contributed by atoms with Crippen LogP contribution >= 0.6 is 23.5 Å². The van der Waals surface area contributed by atoms with Gasteiger partial charge in [0, 0.05) is 24.9 Å². The largest absolute Gasteiger partial charge is 0.726 e. The molecule has 0 bridgehead atoms. The van der Waals surface area contributed by atoms with Crippen LogP contribution in [0.5, 0.6) is 0 Å². The summed E-state index contributed by atoms with van der Waals surface area (Å²) in [7, 11) is -1.63. The van der Waals surface area contributed by atoms with Gasteiger partial charge in [0.25, 0.3) is 5.03 Å². The lowest BCUT2D eigenvalue weighted by Gasteiger charge is -2.13. The van der Waals surface area contributed by atoms with Gasteiger partial charge in [-0.15, -0.1) is 4.57 Å². The van der Waals surface area contributed by atoms with Crippen LogP contribution in [0.2, 0.25) is 0 Å². The minimum absolute atomic E-state index is 0.0499. The molecule has 2 aromatic rings. The molecule has 8 nitrogen and oxygen atoms in total. The summed E-state index contributed by atoms with van der Waals surface area (Å²) in [4.78, 5) is 16.9. The van der Waals surface area contributed by atoms with Gasteiger partial charge in [-0.25, -0.2) is 13.2 Å². The zero-order valence-electron chi connectivity index (χ0n) is 16.5. The number of aromatic nitrogens is 1. The van der Waals surface area contributed by atoms with E-state index >= 15 is 0 Å². The summed E-state index contributed by atoms with van der Waals surface area (Å²) in [6.07, 6.45) is 0. The fraction of sp³-hybridized carbons (Fsp3) is 0.211. The summed E-state index contributed by atoms with van der Waals surface area (Å²) in [6.45, 7) is 3.82. The van der Waals surface area contributed by atoms with Crippen LogP contribution in [0.4, 0.5) is 5.69 Å². The lowest BCUT2D eigenvalue weighted by Crippen LogP contribution is -2.44. The molecule has 0 saturated carbocycles. The zero-order chi connectivity index (χ0) is 22.2. The number of para-hydroxylation sites is 1. The second kappa shape index (κ2) is 8.41. The maximum Gasteiger partial charge on any atom is 0.435 e. The van der Waals surface area contributed by atoms with Gasteiger partial charge in [-0.2, -0.15) is 5.26 Å². The molecule has 0 N–H and O–H groups in total. The summed E-state index contributed by atoms with van der Waals surface area (Å²) in [5.41, 5.74) is 3.45. The molecule has 2 aliphatic rings. The van der Waals surface area contributed by atoms with E-state index in [-0.39, 0.29) is 5.91 Å². The number of anilines is 1. The molecule has 30 heavy (non-hydrogen) atoms. The summed E-state index contributed by atoms with van der Waals surface area (Å²) >= 11 is 3.01. The molecule has 156 valence electrons. The van der Waals surface area contributed by atoms with Gasteiger partial charge in [0.2, 0.25) is 10.4 Å². The summed E-state index contributed by atoms with van der Waals surface area (Å²) in [5.74, 6) is -0.0499. The van der Waals surface area contributed by atoms with Gasteiger partial charge < -0.3 is 9.45 Å². The number of aryl methyl sites for hydroxylation is 2. The van der Waals surface area contributed by atoms with E-state index in [0.29, 0.717) is 10.5 Å². The summed E-state index contributed by atoms with van der Waals surface area (Å²) < 4.78 is 32.7. The van der Waals surface area contributed by atoms with Crippen molar-refractivity contribution in [3.8, 4) is 6.07 Å². The van der Waals surface area contributed by atoms with Crippen LogP contribution in [0.15, 0.2) is 50.2 Å². The van der Waals surface area contributed by atoms with Crippen molar-refractivity contribution >= 4 is 45.5 Å². The molecule has 11 heteroatoms. The van der Waals surface area contributed by atoms with Gasteiger partial charge in [0.15, 0.2) is 10.6 Å². The highest BCUT2D eigenvalue weighted by molar-refractivity contribution is 8.07. The van der Waals surface area contributed by atoms with Crippen LogP contribution in [-0.2, 0) is 14.6 Å². The van der Waals surface area contributed by atoms with Crippen LogP contribution in [0.3, 0.4) is 0 Å². The van der Waals surface area contributed by atoms with Crippen molar-refractivity contribution in [1.82, 2.24) is 0 Å². The number of fused-ring (bicyclic) bond motifs is 2. The van der Waals surface area contributed by atoms with E-state index < -0.39 is 10.4 Å². The van der Waals surface area contributed by atoms with Crippen molar-refractivity contribution < 1.29 is 26.5 Å². The van der Waals surface area contributed by atoms with Crippen molar-refractivity contribution in [2.75, 3.05) is 19.1 Å². The molecule has 2 aliphatic heterocycles. The molecule has 0 unspecified atom stereocenters. The molecule has 0 atom stereocenters. The van der Waals surface area contributed by atoms with Gasteiger partial charge >= 0.3 is 5.91 Å². The highest BCUT2D eigenvalue weighted by Gasteiger charge is 2.44. The Balaban J connectivity index is 0.000000377. The third-order valence-electron chi connectivity index (χ3n) is 4.43. The van der Waals surface area contributed by atoms with Crippen molar-refractivity contribution in [1.29, 1.82) is 5.26 Å². The molecule has 4 rings (SSSR count). The van der Waals surface area contributed by atoms with E-state index in [9.17, 15) is 23.0 Å². The molecule has 0 aliphatic carbocycles. The topological polar surface area (TPSA) is 114 Å². The second-order valence-corrected chi connectivity index (χ2v) is 9.52. The molecule has 1 aromatic carbocycles. The second-order valence-electron chi connectivity index (χ2n) is 6.34. The Hall–Kier alpha value is -2.36. The maximum absolute atomic E-state index is 13.0. The van der Waals surface area contributed by atoms with Crippen LogP contribution in [0.1, 0.15) is 21.6 Å². The van der Waals surface area contributed by atoms with Crippen LogP contribution in [-0.4, -0.2) is 33.0 Å². The van der Waals surface area contributed by atoms with Crippen LogP contribution < -0.4 is 9.47 Å². The number of allylic oxidation sites excluding steroid dienone is 1. The molecule has 0 saturated heterocycles. The Kier molecular flexibility index (Phi) is 6.26. The van der Waals surface area contributed by atoms with Gasteiger partial charge in [-0.1, -0.05) is 23.9 Å². The first-order valence-electron chi connectivity index (χ1n) is 8.54. The molecule has 0 spiro atoms. The lowest BCUT2D eigenvalue weighted by atomic mass is 10.1. The predicted molar refractivity (Wildman–Crippen MR) is 112 cm³/mol. The summed E-state index contributed by atoms with van der Waals surface area (Å²) in [6, 6.07) is 12.3. The van der Waals surface area contributed by atoms with Crippen LogP contribution in [0, 0.1) is 25.2 Å². The minimum atomic E-state index is -4.41. The number of thioether (sulfide) groups is 2. The molecular weight excluding hydrogens is 446 g/mol. The zero-order valence-corrected chi connectivity index (χ0v) is 18.9. The number of carbonyl (C=O) groups excluding carboxylic acids is 1. The minimum Gasteiger partial charge on any atom is -0.726 e. The first-order valence-corrected chi connectivity index (χ1v) is 11.5. The number of pyridine rings is 1. The normalized spacial score (nSPS) is 17.2. The van der Waals surface area contributed by atoms with E-state index in [2.05, 4.69) is 27.3 Å². The summed E-state index contributed by atoms with van der Waals surface area (Å²) in [5, 5.41) is 11.1. The average Bonchev–Trinajstić information content (AvgIpc) is 3.20. The molecule has 0 amide bonds. The number of benzene rings is 1. The Bertz CT molecular complexity index is 1230. The Morgan fingerprint density at radius 3 is 2.43 bits per heavy atom. The standard InChI is InChI=1S/C18H14N3OS2.CH4O4S/c1-10-8-11(2)21-16(22)15(24-17(21)12(10)9-19)18-20(3)13-6-4-5-7-14(13)23-18;1-5-6(2,3)4/h4-8H,1-3H3;1H3,(H,2,3,4)/q+1;/p-1/b18-15-;. The van der Waals surface area contributed by atoms with Crippen molar-refractivity contribution in [3.05, 3.63) is 57.1 Å². The van der Waals surface area contributed by atoms with Gasteiger partial charge in [-0.05, 0) is 36.4 Å². The van der Waals surface area contributed by atoms with E-state index in [1.54, 1.807) is 16.3 Å². The van der Waals surface area contributed by atoms with Crippen molar-refractivity contribution in [2.45, 2.75) is 23.8 Å². The number of nitrogens with zero attached hydrogens (tertiary/aromatic N) is 3. The monoisotopic (exact) mass is 463 g/mol. The fourth-order valence-corrected chi connectivity index (χ4v) is 5.61. The predicted octanol–water partition coefficient (Wildman–Crippen LogP) is 2.71. The SMILES string of the molecule is COS(=O)(=O)[O-].Cc1cc(C)[n+]2c(c1C#N)S/C(=C1\Sc3ccccc3N1C)C2=O. The molecule has 0 radical (unpaired) electrons. The Morgan fingerprint density at radius 1 is 1.23 bits per heavy atom. The maximum atomic E-state index is 13.0. The Morgan fingerprint density at radius 2 is 1.87 bits per heavy atom. The lowest BCUT2D eigenvalue weighted by molar-refractivity contribution is -0.614. The van der Waals surface area contributed by atoms with Crippen LogP contribution in [0.25, 0.3) is 0 Å². The third kappa shape index (κ3) is 4.10. The molecule has 3 heterocycles. The number of nitriles is 1.